The molecule has 0 aromatic rings. The van der Waals surface area contributed by atoms with Crippen molar-refractivity contribution in [2.24, 2.45) is 0 Å². The first-order valence-corrected chi connectivity index (χ1v) is 6.62. The highest BCUT2D eigenvalue weighted by atomic mass is 16.6. The van der Waals surface area contributed by atoms with E-state index in [2.05, 4.69) is 6.58 Å². The Labute approximate surface area is 114 Å². The molecular formula is C14H23NO4. The van der Waals surface area contributed by atoms with Gasteiger partial charge in [-0.15, -0.1) is 0 Å². The SMILES string of the molecule is C=CCOC(=O)[C@@H]1CCCCN1C(=O)OC(C)(C)C. The Morgan fingerprint density at radius 2 is 2.05 bits per heavy atom. The summed E-state index contributed by atoms with van der Waals surface area (Å²) >= 11 is 0. The molecule has 19 heavy (non-hydrogen) atoms. The number of carbonyl (C=O) groups excluding carboxylic acids is 2. The third-order valence-electron chi connectivity index (χ3n) is 2.75. The van der Waals surface area contributed by atoms with Crippen molar-refractivity contribution in [2.75, 3.05) is 13.2 Å². The largest absolute Gasteiger partial charge is 0.460 e. The molecule has 0 spiro atoms. The van der Waals surface area contributed by atoms with E-state index in [1.807, 2.05) is 0 Å². The minimum Gasteiger partial charge on any atom is -0.460 e. The molecule has 1 fully saturated rings. The van der Waals surface area contributed by atoms with Crippen LogP contribution >= 0.6 is 0 Å². The minimum atomic E-state index is -0.565. The Morgan fingerprint density at radius 3 is 2.63 bits per heavy atom. The van der Waals surface area contributed by atoms with E-state index in [0.717, 1.165) is 12.8 Å². The highest BCUT2D eigenvalue weighted by Gasteiger charge is 2.35. The van der Waals surface area contributed by atoms with Gasteiger partial charge >= 0.3 is 12.1 Å². The Bertz CT molecular complexity index is 346. The maximum absolute atomic E-state index is 12.1. The molecule has 0 unspecified atom stereocenters. The molecule has 108 valence electrons. The summed E-state index contributed by atoms with van der Waals surface area (Å²) in [7, 11) is 0. The molecule has 0 aromatic heterocycles. The van der Waals surface area contributed by atoms with Gasteiger partial charge in [-0.2, -0.15) is 0 Å². The smallest absolute Gasteiger partial charge is 0.411 e. The van der Waals surface area contributed by atoms with Gasteiger partial charge in [-0.1, -0.05) is 12.7 Å². The molecule has 0 radical (unpaired) electrons. The average molecular weight is 269 g/mol. The standard InChI is InChI=1S/C14H23NO4/c1-5-10-18-12(16)11-8-6-7-9-15(11)13(17)19-14(2,3)4/h5,11H,1,6-10H2,2-4H3/t11-/m0/s1. The van der Waals surface area contributed by atoms with Gasteiger partial charge < -0.3 is 9.47 Å². The van der Waals surface area contributed by atoms with Crippen LogP contribution in [0.4, 0.5) is 4.79 Å². The molecule has 1 heterocycles. The van der Waals surface area contributed by atoms with Gasteiger partial charge in [-0.25, -0.2) is 9.59 Å². The number of carbonyl (C=O) groups is 2. The fourth-order valence-electron chi connectivity index (χ4n) is 1.95. The molecule has 0 aliphatic carbocycles. The minimum absolute atomic E-state index is 0.164. The number of piperidine rings is 1. The van der Waals surface area contributed by atoms with Crippen LogP contribution in [0.15, 0.2) is 12.7 Å². The van der Waals surface area contributed by atoms with Crippen LogP contribution < -0.4 is 0 Å². The molecule has 5 nitrogen and oxygen atoms in total. The third kappa shape index (κ3) is 4.93. The lowest BCUT2D eigenvalue weighted by atomic mass is 10.0. The number of amides is 1. The van der Waals surface area contributed by atoms with Crippen molar-refractivity contribution in [1.29, 1.82) is 0 Å². The van der Waals surface area contributed by atoms with E-state index in [0.29, 0.717) is 13.0 Å². The number of hydrogen-bond donors (Lipinski definition) is 0. The van der Waals surface area contributed by atoms with Gasteiger partial charge in [0.25, 0.3) is 0 Å². The van der Waals surface area contributed by atoms with Crippen LogP contribution in [-0.4, -0.2) is 41.8 Å². The molecule has 0 bridgehead atoms. The summed E-state index contributed by atoms with van der Waals surface area (Å²) < 4.78 is 10.4. The third-order valence-corrected chi connectivity index (χ3v) is 2.75. The highest BCUT2D eigenvalue weighted by molar-refractivity contribution is 5.81. The number of nitrogens with zero attached hydrogens (tertiary/aromatic N) is 1. The van der Waals surface area contributed by atoms with Crippen LogP contribution in [-0.2, 0) is 14.3 Å². The monoisotopic (exact) mass is 269 g/mol. The van der Waals surface area contributed by atoms with Crippen LogP contribution in [0.25, 0.3) is 0 Å². The van der Waals surface area contributed by atoms with E-state index < -0.39 is 17.7 Å². The molecule has 1 aliphatic heterocycles. The summed E-state index contributed by atoms with van der Waals surface area (Å²) in [6, 6.07) is -0.538. The molecule has 1 atom stereocenters. The number of likely N-dealkylation sites (tertiary alicyclic amines) is 1. The van der Waals surface area contributed by atoms with Crippen molar-refractivity contribution in [3.05, 3.63) is 12.7 Å². The van der Waals surface area contributed by atoms with Crippen LogP contribution in [0.3, 0.4) is 0 Å². The predicted octanol–water partition coefficient (Wildman–Crippen LogP) is 2.51. The summed E-state index contributed by atoms with van der Waals surface area (Å²) in [5.41, 5.74) is -0.565. The summed E-state index contributed by atoms with van der Waals surface area (Å²) in [5.74, 6) is -0.384. The van der Waals surface area contributed by atoms with E-state index in [9.17, 15) is 9.59 Å². The number of esters is 1. The lowest BCUT2D eigenvalue weighted by molar-refractivity contribution is -0.149. The van der Waals surface area contributed by atoms with E-state index in [4.69, 9.17) is 9.47 Å². The fraction of sp³-hybridized carbons (Fsp3) is 0.714. The van der Waals surface area contributed by atoms with Crippen molar-refractivity contribution in [3.8, 4) is 0 Å². The molecular weight excluding hydrogens is 246 g/mol. The summed E-state index contributed by atoms with van der Waals surface area (Å²) in [4.78, 5) is 25.5. The van der Waals surface area contributed by atoms with Crippen molar-refractivity contribution < 1.29 is 19.1 Å². The second-order valence-corrected chi connectivity index (χ2v) is 5.60. The Hall–Kier alpha value is -1.52. The molecule has 0 saturated carbocycles. The molecule has 5 heteroatoms. The van der Waals surface area contributed by atoms with Crippen LogP contribution in [0.5, 0.6) is 0 Å². The normalized spacial score (nSPS) is 19.7. The number of ether oxygens (including phenoxy) is 2. The lowest BCUT2D eigenvalue weighted by Crippen LogP contribution is -2.50. The van der Waals surface area contributed by atoms with Crippen molar-refractivity contribution >= 4 is 12.1 Å². The van der Waals surface area contributed by atoms with E-state index in [1.54, 1.807) is 20.8 Å². The van der Waals surface area contributed by atoms with Crippen LogP contribution in [0, 0.1) is 0 Å². The zero-order valence-corrected chi connectivity index (χ0v) is 12.0. The van der Waals surface area contributed by atoms with Gasteiger partial charge in [0, 0.05) is 6.54 Å². The lowest BCUT2D eigenvalue weighted by Gasteiger charge is -2.35. The fourth-order valence-corrected chi connectivity index (χ4v) is 1.95. The average Bonchev–Trinajstić information content (AvgIpc) is 2.34. The first-order valence-electron chi connectivity index (χ1n) is 6.62. The van der Waals surface area contributed by atoms with Gasteiger partial charge in [-0.05, 0) is 40.0 Å². The van der Waals surface area contributed by atoms with Crippen LogP contribution in [0.2, 0.25) is 0 Å². The molecule has 1 rings (SSSR count). The van der Waals surface area contributed by atoms with Crippen LogP contribution in [0.1, 0.15) is 40.0 Å². The van der Waals surface area contributed by atoms with Gasteiger partial charge in [-0.3, -0.25) is 4.90 Å². The second-order valence-electron chi connectivity index (χ2n) is 5.60. The van der Waals surface area contributed by atoms with E-state index in [1.165, 1.54) is 11.0 Å². The quantitative estimate of drug-likeness (QED) is 0.583. The summed E-state index contributed by atoms with van der Waals surface area (Å²) in [5, 5.41) is 0. The topological polar surface area (TPSA) is 55.8 Å². The van der Waals surface area contributed by atoms with E-state index >= 15 is 0 Å². The summed E-state index contributed by atoms with van der Waals surface area (Å²) in [6.07, 6.45) is 3.47. The number of rotatable bonds is 3. The zero-order chi connectivity index (χ0) is 14.5. The molecule has 1 saturated heterocycles. The maximum Gasteiger partial charge on any atom is 0.411 e. The van der Waals surface area contributed by atoms with Gasteiger partial charge in [0.15, 0.2) is 0 Å². The van der Waals surface area contributed by atoms with Gasteiger partial charge in [0.1, 0.15) is 18.2 Å². The van der Waals surface area contributed by atoms with Crippen molar-refractivity contribution in [2.45, 2.75) is 51.7 Å². The maximum atomic E-state index is 12.1. The molecule has 0 N–H and O–H groups in total. The summed E-state index contributed by atoms with van der Waals surface area (Å²) in [6.45, 7) is 9.61. The first-order chi connectivity index (χ1) is 8.85. The highest BCUT2D eigenvalue weighted by Crippen LogP contribution is 2.21. The molecule has 1 aliphatic rings. The van der Waals surface area contributed by atoms with Crippen molar-refractivity contribution in [3.63, 3.8) is 0 Å². The van der Waals surface area contributed by atoms with Gasteiger partial charge in [0.2, 0.25) is 0 Å². The Balaban J connectivity index is 2.69. The molecule has 0 aromatic carbocycles. The van der Waals surface area contributed by atoms with Gasteiger partial charge in [0.05, 0.1) is 0 Å². The van der Waals surface area contributed by atoms with E-state index in [-0.39, 0.29) is 12.6 Å². The second kappa shape index (κ2) is 6.59. The number of hydrogen-bond acceptors (Lipinski definition) is 4. The molecule has 1 amide bonds. The Kier molecular flexibility index (Phi) is 5.39. The Morgan fingerprint density at radius 1 is 1.37 bits per heavy atom. The first kappa shape index (κ1) is 15.5. The van der Waals surface area contributed by atoms with Crippen molar-refractivity contribution in [1.82, 2.24) is 4.90 Å². The predicted molar refractivity (Wildman–Crippen MR) is 71.7 cm³/mol. The zero-order valence-electron chi connectivity index (χ0n) is 12.0.